The third-order valence-electron chi connectivity index (χ3n) is 4.72. The van der Waals surface area contributed by atoms with Crippen molar-refractivity contribution < 1.29 is 0 Å². The van der Waals surface area contributed by atoms with E-state index < -0.39 is 0 Å². The molecule has 114 valence electrons. The molecule has 0 radical (unpaired) electrons. The van der Waals surface area contributed by atoms with E-state index in [1.54, 1.807) is 13.4 Å². The smallest absolute Gasteiger partial charge is 0.325 e. The van der Waals surface area contributed by atoms with Crippen molar-refractivity contribution in [3.8, 4) is 0 Å². The van der Waals surface area contributed by atoms with Gasteiger partial charge in [-0.3, -0.25) is 13.9 Å². The molecule has 0 amide bonds. The Labute approximate surface area is 123 Å². The fraction of sp³-hybridized carbons (Fsp3) is 0.667. The van der Waals surface area contributed by atoms with E-state index in [1.807, 2.05) is 4.57 Å². The topological polar surface area (TPSA) is 61.8 Å². The fourth-order valence-electron chi connectivity index (χ4n) is 3.36. The highest BCUT2D eigenvalue weighted by Crippen LogP contribution is 2.26. The second-order valence-electron chi connectivity index (χ2n) is 6.11. The highest BCUT2D eigenvalue weighted by Gasteiger charge is 2.17. The van der Waals surface area contributed by atoms with E-state index >= 15 is 0 Å². The maximum Gasteiger partial charge on any atom is 0.332 e. The van der Waals surface area contributed by atoms with Crippen molar-refractivity contribution in [1.82, 2.24) is 18.7 Å². The molecule has 1 saturated carbocycles. The molecule has 2 heterocycles. The molecule has 1 aliphatic carbocycles. The van der Waals surface area contributed by atoms with Gasteiger partial charge in [-0.2, -0.15) is 0 Å². The number of rotatable bonds is 3. The van der Waals surface area contributed by atoms with Crippen LogP contribution in [0.2, 0.25) is 0 Å². The van der Waals surface area contributed by atoms with Gasteiger partial charge < -0.3 is 4.57 Å². The summed E-state index contributed by atoms with van der Waals surface area (Å²) in [5.41, 5.74) is 0.432. The van der Waals surface area contributed by atoms with Gasteiger partial charge in [-0.1, -0.05) is 32.1 Å². The minimum Gasteiger partial charge on any atom is -0.325 e. The average Bonchev–Trinajstić information content (AvgIpc) is 2.94. The Kier molecular flexibility index (Phi) is 3.69. The molecular formula is C15H22N4O2. The lowest BCUT2D eigenvalue weighted by atomic mass is 9.87. The van der Waals surface area contributed by atoms with Crippen molar-refractivity contribution in [3.63, 3.8) is 0 Å². The van der Waals surface area contributed by atoms with E-state index in [1.165, 1.54) is 43.7 Å². The summed E-state index contributed by atoms with van der Waals surface area (Å²) >= 11 is 0. The lowest BCUT2D eigenvalue weighted by molar-refractivity contribution is 0.325. The van der Waals surface area contributed by atoms with Gasteiger partial charge in [0.2, 0.25) is 0 Å². The van der Waals surface area contributed by atoms with Crippen molar-refractivity contribution in [3.05, 3.63) is 27.2 Å². The third-order valence-corrected chi connectivity index (χ3v) is 4.72. The number of nitrogens with zero attached hydrogens (tertiary/aromatic N) is 4. The number of aryl methyl sites for hydroxylation is 2. The van der Waals surface area contributed by atoms with Crippen molar-refractivity contribution in [2.75, 3.05) is 0 Å². The molecule has 6 nitrogen and oxygen atoms in total. The zero-order valence-corrected chi connectivity index (χ0v) is 12.7. The molecule has 0 atom stereocenters. The second-order valence-corrected chi connectivity index (χ2v) is 6.11. The number of imidazole rings is 1. The lowest BCUT2D eigenvalue weighted by Gasteiger charge is -2.21. The number of fused-ring (bicyclic) bond motifs is 1. The van der Waals surface area contributed by atoms with Crippen molar-refractivity contribution >= 4 is 11.2 Å². The maximum absolute atomic E-state index is 12.3. The van der Waals surface area contributed by atoms with Gasteiger partial charge in [0, 0.05) is 20.6 Å². The Bertz CT molecular complexity index is 762. The Morgan fingerprint density at radius 1 is 1.14 bits per heavy atom. The lowest BCUT2D eigenvalue weighted by Crippen LogP contribution is -2.37. The van der Waals surface area contributed by atoms with Gasteiger partial charge in [0.15, 0.2) is 11.2 Å². The molecule has 0 spiro atoms. The second kappa shape index (κ2) is 5.50. The van der Waals surface area contributed by atoms with Gasteiger partial charge in [0.25, 0.3) is 5.56 Å². The van der Waals surface area contributed by atoms with Gasteiger partial charge in [-0.15, -0.1) is 0 Å². The molecule has 0 aliphatic heterocycles. The number of hydrogen-bond acceptors (Lipinski definition) is 3. The zero-order chi connectivity index (χ0) is 15.0. The minimum absolute atomic E-state index is 0.255. The zero-order valence-electron chi connectivity index (χ0n) is 12.7. The van der Waals surface area contributed by atoms with Crippen LogP contribution in [0.3, 0.4) is 0 Å². The summed E-state index contributed by atoms with van der Waals surface area (Å²) in [5.74, 6) is 0.757. The summed E-state index contributed by atoms with van der Waals surface area (Å²) in [6, 6.07) is 0. The van der Waals surface area contributed by atoms with Crippen LogP contribution < -0.4 is 11.2 Å². The van der Waals surface area contributed by atoms with Gasteiger partial charge in [0.05, 0.1) is 6.33 Å². The van der Waals surface area contributed by atoms with E-state index in [9.17, 15) is 9.59 Å². The van der Waals surface area contributed by atoms with E-state index in [2.05, 4.69) is 4.98 Å². The molecule has 2 aromatic rings. The summed E-state index contributed by atoms with van der Waals surface area (Å²) in [6.07, 6.45) is 9.36. The van der Waals surface area contributed by atoms with Crippen LogP contribution in [0.15, 0.2) is 15.9 Å². The summed E-state index contributed by atoms with van der Waals surface area (Å²) < 4.78 is 4.50. The Balaban J connectivity index is 1.93. The molecule has 1 aliphatic rings. The first-order valence-corrected chi connectivity index (χ1v) is 7.70. The highest BCUT2D eigenvalue weighted by molar-refractivity contribution is 5.69. The number of hydrogen-bond donors (Lipinski definition) is 0. The van der Waals surface area contributed by atoms with Crippen LogP contribution in [-0.2, 0) is 20.6 Å². The van der Waals surface area contributed by atoms with Crippen LogP contribution in [0.25, 0.3) is 11.2 Å². The molecule has 1 fully saturated rings. The van der Waals surface area contributed by atoms with Crippen LogP contribution in [-0.4, -0.2) is 18.7 Å². The Morgan fingerprint density at radius 2 is 1.86 bits per heavy atom. The molecule has 3 rings (SSSR count). The number of aromatic nitrogens is 4. The molecule has 0 saturated heterocycles. The standard InChI is InChI=1S/C15H22N4O2/c1-17-13-12(14(20)18(2)15(17)21)19(10-16-13)9-8-11-6-4-3-5-7-11/h10-11H,3-9H2,1-2H3. The van der Waals surface area contributed by atoms with Crippen molar-refractivity contribution in [2.45, 2.75) is 45.1 Å². The van der Waals surface area contributed by atoms with Crippen molar-refractivity contribution in [1.29, 1.82) is 0 Å². The summed E-state index contributed by atoms with van der Waals surface area (Å²) in [7, 11) is 3.17. The molecule has 6 heteroatoms. The van der Waals surface area contributed by atoms with Crippen LogP contribution >= 0.6 is 0 Å². The van der Waals surface area contributed by atoms with Gasteiger partial charge in [-0.05, 0) is 12.3 Å². The quantitative estimate of drug-likeness (QED) is 0.858. The molecule has 21 heavy (non-hydrogen) atoms. The third kappa shape index (κ3) is 2.43. The molecule has 0 bridgehead atoms. The Hall–Kier alpha value is -1.85. The van der Waals surface area contributed by atoms with Gasteiger partial charge >= 0.3 is 5.69 Å². The first-order valence-electron chi connectivity index (χ1n) is 7.70. The predicted molar refractivity (Wildman–Crippen MR) is 81.4 cm³/mol. The minimum atomic E-state index is -0.329. The summed E-state index contributed by atoms with van der Waals surface area (Å²) in [6.45, 7) is 0.800. The predicted octanol–water partition coefficient (Wildman–Crippen LogP) is 1.40. The summed E-state index contributed by atoms with van der Waals surface area (Å²) in [4.78, 5) is 28.5. The van der Waals surface area contributed by atoms with Crippen molar-refractivity contribution in [2.24, 2.45) is 20.0 Å². The first-order chi connectivity index (χ1) is 10.1. The van der Waals surface area contributed by atoms with E-state index in [0.29, 0.717) is 11.2 Å². The van der Waals surface area contributed by atoms with Crippen LogP contribution in [0.1, 0.15) is 38.5 Å². The van der Waals surface area contributed by atoms with E-state index in [-0.39, 0.29) is 11.2 Å². The van der Waals surface area contributed by atoms with Crippen LogP contribution in [0.4, 0.5) is 0 Å². The molecule has 0 N–H and O–H groups in total. The van der Waals surface area contributed by atoms with Crippen LogP contribution in [0.5, 0.6) is 0 Å². The Morgan fingerprint density at radius 3 is 2.57 bits per heavy atom. The molecular weight excluding hydrogens is 268 g/mol. The first kappa shape index (κ1) is 14.1. The van der Waals surface area contributed by atoms with Gasteiger partial charge in [-0.25, -0.2) is 9.78 Å². The average molecular weight is 290 g/mol. The maximum atomic E-state index is 12.3. The normalized spacial score (nSPS) is 16.7. The molecule has 2 aromatic heterocycles. The SMILES string of the molecule is Cn1c(=O)c2c(ncn2CCC2CCCCC2)n(C)c1=O. The van der Waals surface area contributed by atoms with E-state index in [0.717, 1.165) is 23.5 Å². The fourth-order valence-corrected chi connectivity index (χ4v) is 3.36. The molecule has 0 unspecified atom stereocenters. The monoisotopic (exact) mass is 290 g/mol. The largest absolute Gasteiger partial charge is 0.332 e. The molecule has 0 aromatic carbocycles. The summed E-state index contributed by atoms with van der Waals surface area (Å²) in [5, 5.41) is 0. The highest BCUT2D eigenvalue weighted by atomic mass is 16.2. The van der Waals surface area contributed by atoms with E-state index in [4.69, 9.17) is 0 Å². The van der Waals surface area contributed by atoms with Gasteiger partial charge in [0.1, 0.15) is 0 Å². The van der Waals surface area contributed by atoms with Crippen LogP contribution in [0, 0.1) is 5.92 Å².